The summed E-state index contributed by atoms with van der Waals surface area (Å²) in [6.07, 6.45) is 1.81. The van der Waals surface area contributed by atoms with Gasteiger partial charge in [0.2, 0.25) is 0 Å². The SMILES string of the molecule is Cc1ccc(C(=O)NC2CCN(c3cc(-c4ccc(Cl)cc4)[nH]n3)CC2)cc1. The van der Waals surface area contributed by atoms with Crippen molar-refractivity contribution in [1.82, 2.24) is 15.5 Å². The molecule has 2 heterocycles. The summed E-state index contributed by atoms with van der Waals surface area (Å²) in [4.78, 5) is 14.7. The molecule has 0 atom stereocenters. The van der Waals surface area contributed by atoms with E-state index in [0.29, 0.717) is 5.56 Å². The van der Waals surface area contributed by atoms with Crippen LogP contribution >= 0.6 is 11.6 Å². The zero-order valence-corrected chi connectivity index (χ0v) is 16.5. The third-order valence-electron chi connectivity index (χ3n) is 5.19. The van der Waals surface area contributed by atoms with Crippen LogP contribution < -0.4 is 10.2 Å². The van der Waals surface area contributed by atoms with E-state index in [-0.39, 0.29) is 11.9 Å². The summed E-state index contributed by atoms with van der Waals surface area (Å²) in [5.74, 6) is 0.941. The average Bonchev–Trinajstić information content (AvgIpc) is 3.20. The van der Waals surface area contributed by atoms with Crippen molar-refractivity contribution in [3.05, 3.63) is 70.7 Å². The van der Waals surface area contributed by atoms with Crippen molar-refractivity contribution in [3.63, 3.8) is 0 Å². The van der Waals surface area contributed by atoms with Crippen molar-refractivity contribution in [2.75, 3.05) is 18.0 Å². The van der Waals surface area contributed by atoms with Crippen molar-refractivity contribution in [2.24, 2.45) is 0 Å². The first-order valence-electron chi connectivity index (χ1n) is 9.52. The highest BCUT2D eigenvalue weighted by molar-refractivity contribution is 6.30. The number of rotatable bonds is 4. The Labute approximate surface area is 169 Å². The zero-order chi connectivity index (χ0) is 19.5. The van der Waals surface area contributed by atoms with Gasteiger partial charge in [0.1, 0.15) is 0 Å². The van der Waals surface area contributed by atoms with Crippen LogP contribution in [0.1, 0.15) is 28.8 Å². The van der Waals surface area contributed by atoms with Gasteiger partial charge in [-0.1, -0.05) is 41.4 Å². The first kappa shape index (κ1) is 18.6. The predicted octanol–water partition coefficient (Wildman–Crippen LogP) is 4.44. The number of amides is 1. The van der Waals surface area contributed by atoms with Gasteiger partial charge < -0.3 is 10.2 Å². The van der Waals surface area contributed by atoms with E-state index in [4.69, 9.17) is 11.6 Å². The normalized spacial score (nSPS) is 14.9. The van der Waals surface area contributed by atoms with Crippen LogP contribution in [-0.2, 0) is 0 Å². The number of aromatic amines is 1. The molecule has 2 N–H and O–H groups in total. The molecule has 144 valence electrons. The summed E-state index contributed by atoms with van der Waals surface area (Å²) in [7, 11) is 0. The first-order valence-corrected chi connectivity index (χ1v) is 9.90. The molecule has 1 fully saturated rings. The van der Waals surface area contributed by atoms with E-state index in [2.05, 4.69) is 26.5 Å². The molecule has 0 saturated carbocycles. The lowest BCUT2D eigenvalue weighted by atomic mass is 10.0. The molecule has 1 amide bonds. The lowest BCUT2D eigenvalue weighted by Crippen LogP contribution is -2.44. The van der Waals surface area contributed by atoms with E-state index >= 15 is 0 Å². The summed E-state index contributed by atoms with van der Waals surface area (Å²) in [5.41, 5.74) is 3.90. The number of anilines is 1. The molecule has 1 aromatic heterocycles. The number of piperidine rings is 1. The maximum atomic E-state index is 12.4. The molecule has 3 aromatic rings. The number of aromatic nitrogens is 2. The van der Waals surface area contributed by atoms with Crippen LogP contribution in [0.4, 0.5) is 5.82 Å². The first-order chi connectivity index (χ1) is 13.6. The number of H-pyrrole nitrogens is 1. The largest absolute Gasteiger partial charge is 0.355 e. The number of nitrogens with zero attached hydrogens (tertiary/aromatic N) is 2. The van der Waals surface area contributed by atoms with Crippen LogP contribution in [0.2, 0.25) is 5.02 Å². The molecule has 5 nitrogen and oxygen atoms in total. The Morgan fingerprint density at radius 1 is 1.11 bits per heavy atom. The van der Waals surface area contributed by atoms with E-state index in [9.17, 15) is 4.79 Å². The van der Waals surface area contributed by atoms with Gasteiger partial charge in [0.25, 0.3) is 5.91 Å². The number of carbonyl (C=O) groups is 1. The highest BCUT2D eigenvalue weighted by Crippen LogP contribution is 2.25. The second kappa shape index (κ2) is 8.07. The maximum Gasteiger partial charge on any atom is 0.251 e. The van der Waals surface area contributed by atoms with Crippen molar-refractivity contribution >= 4 is 23.3 Å². The van der Waals surface area contributed by atoms with Crippen LogP contribution in [0.25, 0.3) is 11.3 Å². The Morgan fingerprint density at radius 3 is 2.46 bits per heavy atom. The van der Waals surface area contributed by atoms with Crippen LogP contribution in [-0.4, -0.2) is 35.2 Å². The van der Waals surface area contributed by atoms with Crippen LogP contribution in [0.5, 0.6) is 0 Å². The molecule has 1 saturated heterocycles. The minimum absolute atomic E-state index is 0.00300. The Hall–Kier alpha value is -2.79. The van der Waals surface area contributed by atoms with E-state index in [1.807, 2.05) is 55.5 Å². The smallest absolute Gasteiger partial charge is 0.251 e. The van der Waals surface area contributed by atoms with Gasteiger partial charge >= 0.3 is 0 Å². The van der Waals surface area contributed by atoms with Gasteiger partial charge in [0.15, 0.2) is 5.82 Å². The fourth-order valence-electron chi connectivity index (χ4n) is 3.48. The number of carbonyl (C=O) groups excluding carboxylic acids is 1. The van der Waals surface area contributed by atoms with E-state index in [0.717, 1.165) is 53.6 Å². The standard InChI is InChI=1S/C22H23ClN4O/c1-15-2-4-17(5-3-15)22(28)24-19-10-12-27(13-11-19)21-14-20(25-26-21)16-6-8-18(23)9-7-16/h2-9,14,19H,10-13H2,1H3,(H,24,28)(H,25,26). The minimum Gasteiger partial charge on any atom is -0.355 e. The van der Waals surface area contributed by atoms with E-state index in [1.54, 1.807) is 0 Å². The molecule has 1 aliphatic rings. The number of benzene rings is 2. The second-order valence-electron chi connectivity index (χ2n) is 7.25. The molecule has 4 rings (SSSR count). The van der Waals surface area contributed by atoms with E-state index < -0.39 is 0 Å². The Bertz CT molecular complexity index is 941. The predicted molar refractivity (Wildman–Crippen MR) is 113 cm³/mol. The molecular weight excluding hydrogens is 372 g/mol. The van der Waals surface area contributed by atoms with Crippen molar-refractivity contribution < 1.29 is 4.79 Å². The topological polar surface area (TPSA) is 61.0 Å². The number of halogens is 1. The van der Waals surface area contributed by atoms with Crippen molar-refractivity contribution in [1.29, 1.82) is 0 Å². The summed E-state index contributed by atoms with van der Waals surface area (Å²) < 4.78 is 0. The molecule has 1 aliphatic heterocycles. The highest BCUT2D eigenvalue weighted by atomic mass is 35.5. The Kier molecular flexibility index (Phi) is 5.35. The van der Waals surface area contributed by atoms with Gasteiger partial charge in [0, 0.05) is 35.8 Å². The molecule has 6 heteroatoms. The minimum atomic E-state index is 0.00300. The van der Waals surface area contributed by atoms with E-state index in [1.165, 1.54) is 0 Å². The fourth-order valence-corrected chi connectivity index (χ4v) is 3.60. The van der Waals surface area contributed by atoms with Gasteiger partial charge in [-0.3, -0.25) is 9.89 Å². The number of hydrogen-bond donors (Lipinski definition) is 2. The molecule has 0 aliphatic carbocycles. The molecule has 0 unspecified atom stereocenters. The van der Waals surface area contributed by atoms with Crippen LogP contribution in [0.15, 0.2) is 54.6 Å². The fraction of sp³-hybridized carbons (Fsp3) is 0.273. The molecule has 28 heavy (non-hydrogen) atoms. The van der Waals surface area contributed by atoms with Crippen LogP contribution in [0.3, 0.4) is 0 Å². The molecular formula is C22H23ClN4O. The number of hydrogen-bond acceptors (Lipinski definition) is 3. The van der Waals surface area contributed by atoms with Gasteiger partial charge in [-0.05, 0) is 49.6 Å². The summed E-state index contributed by atoms with van der Waals surface area (Å²) in [6.45, 7) is 3.75. The quantitative estimate of drug-likeness (QED) is 0.687. The maximum absolute atomic E-state index is 12.4. The second-order valence-corrected chi connectivity index (χ2v) is 7.68. The van der Waals surface area contributed by atoms with Gasteiger partial charge in [-0.2, -0.15) is 5.10 Å². The third kappa shape index (κ3) is 4.20. The summed E-state index contributed by atoms with van der Waals surface area (Å²) in [5, 5.41) is 11.4. The molecule has 2 aromatic carbocycles. The molecule has 0 bridgehead atoms. The van der Waals surface area contributed by atoms with Gasteiger partial charge in [-0.25, -0.2) is 0 Å². The number of aryl methyl sites for hydroxylation is 1. The van der Waals surface area contributed by atoms with Crippen molar-refractivity contribution in [3.8, 4) is 11.3 Å². The average molecular weight is 395 g/mol. The zero-order valence-electron chi connectivity index (χ0n) is 15.8. The lowest BCUT2D eigenvalue weighted by molar-refractivity contribution is 0.0931. The summed E-state index contributed by atoms with van der Waals surface area (Å²) >= 11 is 5.96. The molecule has 0 spiro atoms. The van der Waals surface area contributed by atoms with Crippen LogP contribution in [0, 0.1) is 6.92 Å². The summed E-state index contributed by atoms with van der Waals surface area (Å²) in [6, 6.07) is 17.6. The third-order valence-corrected chi connectivity index (χ3v) is 5.44. The Morgan fingerprint density at radius 2 is 1.79 bits per heavy atom. The lowest BCUT2D eigenvalue weighted by Gasteiger charge is -2.32. The molecule has 0 radical (unpaired) electrons. The monoisotopic (exact) mass is 394 g/mol. The van der Waals surface area contributed by atoms with Crippen molar-refractivity contribution in [2.45, 2.75) is 25.8 Å². The highest BCUT2D eigenvalue weighted by Gasteiger charge is 2.22. The van der Waals surface area contributed by atoms with Gasteiger partial charge in [0.05, 0.1) is 5.69 Å². The van der Waals surface area contributed by atoms with Gasteiger partial charge in [-0.15, -0.1) is 0 Å². The number of nitrogens with one attached hydrogen (secondary N) is 2. The Balaban J connectivity index is 1.33.